The van der Waals surface area contributed by atoms with Crippen LogP contribution in [-0.4, -0.2) is 18.5 Å². The molecular formula is C9H10F2O2. The summed E-state index contributed by atoms with van der Waals surface area (Å²) in [7, 11) is 0. The zero-order valence-corrected chi connectivity index (χ0v) is 6.95. The van der Waals surface area contributed by atoms with Crippen molar-refractivity contribution in [1.29, 1.82) is 0 Å². The first-order chi connectivity index (χ1) is 6.16. The zero-order chi connectivity index (χ0) is 9.42. The molecule has 4 heteroatoms. The van der Waals surface area contributed by atoms with Gasteiger partial charge in [0.25, 0.3) is 0 Å². The Hall–Kier alpha value is -0.930. The van der Waals surface area contributed by atoms with Gasteiger partial charge >= 0.3 is 12.4 Å². The monoisotopic (exact) mass is 188 g/mol. The molecule has 0 amide bonds. The van der Waals surface area contributed by atoms with Crippen LogP contribution in [0.3, 0.4) is 0 Å². The molecule has 2 bridgehead atoms. The van der Waals surface area contributed by atoms with Crippen molar-refractivity contribution in [2.24, 2.45) is 11.8 Å². The quantitative estimate of drug-likeness (QED) is 0.487. The van der Waals surface area contributed by atoms with E-state index in [-0.39, 0.29) is 12.0 Å². The average molecular weight is 188 g/mol. The number of fused-ring (bicyclic) bond motifs is 2. The molecule has 2 nitrogen and oxygen atoms in total. The summed E-state index contributed by atoms with van der Waals surface area (Å²) < 4.78 is 28.3. The van der Waals surface area contributed by atoms with Crippen molar-refractivity contribution < 1.29 is 18.3 Å². The molecule has 0 aliphatic heterocycles. The minimum absolute atomic E-state index is 0.174. The highest BCUT2D eigenvalue weighted by Gasteiger charge is 2.39. The molecule has 3 atom stereocenters. The summed E-state index contributed by atoms with van der Waals surface area (Å²) >= 11 is 0. The molecule has 1 fully saturated rings. The minimum Gasteiger partial charge on any atom is -0.458 e. The van der Waals surface area contributed by atoms with Gasteiger partial charge in [-0.2, -0.15) is 8.78 Å². The van der Waals surface area contributed by atoms with Crippen LogP contribution < -0.4 is 0 Å². The third-order valence-corrected chi connectivity index (χ3v) is 2.66. The Morgan fingerprint density at radius 1 is 1.38 bits per heavy atom. The van der Waals surface area contributed by atoms with E-state index in [4.69, 9.17) is 0 Å². The number of allylic oxidation sites excluding steroid dienone is 1. The molecule has 2 aliphatic carbocycles. The van der Waals surface area contributed by atoms with Gasteiger partial charge in [-0.3, -0.25) is 0 Å². The maximum absolute atomic E-state index is 11.8. The SMILES string of the molecule is O=C(OC1CC2C=CC1C2)C(F)F. The highest BCUT2D eigenvalue weighted by atomic mass is 19.3. The van der Waals surface area contributed by atoms with Crippen molar-refractivity contribution in [2.75, 3.05) is 0 Å². The normalized spacial score (nSPS) is 35.8. The molecular weight excluding hydrogens is 178 g/mol. The van der Waals surface area contributed by atoms with Crippen molar-refractivity contribution in [2.45, 2.75) is 25.4 Å². The summed E-state index contributed by atoms with van der Waals surface area (Å²) in [5, 5.41) is 0. The largest absolute Gasteiger partial charge is 0.458 e. The molecule has 2 aliphatic rings. The summed E-state index contributed by atoms with van der Waals surface area (Å²) in [5.41, 5.74) is 0. The van der Waals surface area contributed by atoms with Crippen molar-refractivity contribution in [3.63, 3.8) is 0 Å². The first-order valence-electron chi connectivity index (χ1n) is 4.34. The smallest absolute Gasteiger partial charge is 0.374 e. The number of halogens is 2. The van der Waals surface area contributed by atoms with Gasteiger partial charge in [0.2, 0.25) is 0 Å². The molecule has 0 heterocycles. The Labute approximate surface area is 74.6 Å². The van der Waals surface area contributed by atoms with Crippen LogP contribution in [-0.2, 0) is 9.53 Å². The maximum Gasteiger partial charge on any atom is 0.374 e. The predicted octanol–water partition coefficient (Wildman–Crippen LogP) is 1.76. The van der Waals surface area contributed by atoms with Crippen molar-refractivity contribution in [3.8, 4) is 0 Å². The average Bonchev–Trinajstić information content (AvgIpc) is 2.64. The van der Waals surface area contributed by atoms with Gasteiger partial charge in [0, 0.05) is 5.92 Å². The summed E-state index contributed by atoms with van der Waals surface area (Å²) in [6.45, 7) is 0. The molecule has 0 radical (unpaired) electrons. The van der Waals surface area contributed by atoms with E-state index >= 15 is 0 Å². The number of esters is 1. The Kier molecular flexibility index (Phi) is 2.06. The fourth-order valence-corrected chi connectivity index (χ4v) is 2.07. The Morgan fingerprint density at radius 3 is 2.62 bits per heavy atom. The molecule has 0 aromatic heterocycles. The van der Waals surface area contributed by atoms with E-state index in [1.807, 2.05) is 6.08 Å². The molecule has 1 saturated carbocycles. The van der Waals surface area contributed by atoms with E-state index < -0.39 is 12.4 Å². The minimum atomic E-state index is -3.00. The molecule has 0 N–H and O–H groups in total. The van der Waals surface area contributed by atoms with E-state index in [0.29, 0.717) is 12.3 Å². The summed E-state index contributed by atoms with van der Waals surface area (Å²) in [4.78, 5) is 10.6. The first kappa shape index (κ1) is 8.66. The van der Waals surface area contributed by atoms with Crippen LogP contribution in [0, 0.1) is 11.8 Å². The highest BCUT2D eigenvalue weighted by molar-refractivity contribution is 5.73. The maximum atomic E-state index is 11.8. The van der Waals surface area contributed by atoms with Gasteiger partial charge in [-0.25, -0.2) is 4.79 Å². The summed E-state index contributed by atoms with van der Waals surface area (Å²) in [6.07, 6.45) is 2.37. The predicted molar refractivity (Wildman–Crippen MR) is 41.2 cm³/mol. The number of carbonyl (C=O) groups is 1. The zero-order valence-electron chi connectivity index (χ0n) is 6.95. The van der Waals surface area contributed by atoms with E-state index in [1.165, 1.54) is 0 Å². The lowest BCUT2D eigenvalue weighted by atomic mass is 10.0. The van der Waals surface area contributed by atoms with Crippen molar-refractivity contribution >= 4 is 5.97 Å². The van der Waals surface area contributed by atoms with Gasteiger partial charge in [0.15, 0.2) is 0 Å². The number of hydrogen-bond donors (Lipinski definition) is 0. The second-order valence-electron chi connectivity index (χ2n) is 3.56. The lowest BCUT2D eigenvalue weighted by Crippen LogP contribution is -2.25. The van der Waals surface area contributed by atoms with Gasteiger partial charge in [0.05, 0.1) is 0 Å². The number of carbonyl (C=O) groups excluding carboxylic acids is 1. The highest BCUT2D eigenvalue weighted by Crippen LogP contribution is 2.40. The lowest BCUT2D eigenvalue weighted by molar-refractivity contribution is -0.163. The van der Waals surface area contributed by atoms with Crippen LogP contribution in [0.15, 0.2) is 12.2 Å². The Bertz CT molecular complexity index is 250. The summed E-state index contributed by atoms with van der Waals surface area (Å²) in [5.74, 6) is -0.779. The van der Waals surface area contributed by atoms with E-state index in [0.717, 1.165) is 6.42 Å². The van der Waals surface area contributed by atoms with Crippen LogP contribution in [0.4, 0.5) is 8.78 Å². The van der Waals surface area contributed by atoms with Crippen LogP contribution in [0.1, 0.15) is 12.8 Å². The fourth-order valence-electron chi connectivity index (χ4n) is 2.07. The number of alkyl halides is 2. The van der Waals surface area contributed by atoms with E-state index in [2.05, 4.69) is 10.8 Å². The standard InChI is InChI=1S/C9H10F2O2/c10-8(11)9(12)13-7-4-5-1-2-6(7)3-5/h1-2,5-8H,3-4H2. The molecule has 2 rings (SSSR count). The molecule has 3 unspecified atom stereocenters. The van der Waals surface area contributed by atoms with Crippen LogP contribution in [0.5, 0.6) is 0 Å². The van der Waals surface area contributed by atoms with Gasteiger partial charge in [-0.15, -0.1) is 0 Å². The van der Waals surface area contributed by atoms with Crippen LogP contribution in [0.2, 0.25) is 0 Å². The van der Waals surface area contributed by atoms with E-state index in [9.17, 15) is 13.6 Å². The van der Waals surface area contributed by atoms with Gasteiger partial charge in [0.1, 0.15) is 6.10 Å². The third-order valence-electron chi connectivity index (χ3n) is 2.66. The first-order valence-corrected chi connectivity index (χ1v) is 4.34. The fraction of sp³-hybridized carbons (Fsp3) is 0.667. The number of hydrogen-bond acceptors (Lipinski definition) is 2. The number of rotatable bonds is 2. The molecule has 13 heavy (non-hydrogen) atoms. The molecule has 0 saturated heterocycles. The van der Waals surface area contributed by atoms with E-state index in [1.54, 1.807) is 0 Å². The molecule has 72 valence electrons. The Morgan fingerprint density at radius 2 is 2.15 bits per heavy atom. The topological polar surface area (TPSA) is 26.3 Å². The van der Waals surface area contributed by atoms with Crippen LogP contribution in [0.25, 0.3) is 0 Å². The summed E-state index contributed by atoms with van der Waals surface area (Å²) in [6, 6.07) is 0. The van der Waals surface area contributed by atoms with Crippen molar-refractivity contribution in [1.82, 2.24) is 0 Å². The molecule has 0 spiro atoms. The van der Waals surface area contributed by atoms with Gasteiger partial charge in [-0.05, 0) is 18.8 Å². The second-order valence-corrected chi connectivity index (χ2v) is 3.56. The van der Waals surface area contributed by atoms with Gasteiger partial charge in [-0.1, -0.05) is 12.2 Å². The third kappa shape index (κ3) is 1.57. The van der Waals surface area contributed by atoms with Crippen LogP contribution >= 0.6 is 0 Å². The van der Waals surface area contributed by atoms with Crippen molar-refractivity contribution in [3.05, 3.63) is 12.2 Å². The second kappa shape index (κ2) is 3.09. The molecule has 0 aromatic rings. The van der Waals surface area contributed by atoms with Gasteiger partial charge < -0.3 is 4.74 Å². The Balaban J connectivity index is 1.90. The number of ether oxygens (including phenoxy) is 1. The molecule has 0 aromatic carbocycles. The lowest BCUT2D eigenvalue weighted by Gasteiger charge is -2.18.